The molecular formula is C24H25N7O. The summed E-state index contributed by atoms with van der Waals surface area (Å²) in [7, 11) is 0. The molecule has 3 saturated carbocycles. The van der Waals surface area contributed by atoms with Crippen molar-refractivity contribution >= 4 is 24.5 Å². The normalized spacial score (nSPS) is 27.3. The number of hydrazone groups is 2. The van der Waals surface area contributed by atoms with E-state index in [0.29, 0.717) is 18.5 Å². The lowest BCUT2D eigenvalue weighted by Gasteiger charge is -2.70. The summed E-state index contributed by atoms with van der Waals surface area (Å²) < 4.78 is 0. The Morgan fingerprint density at radius 2 is 2.12 bits per heavy atom. The monoisotopic (exact) mass is 427 g/mol. The van der Waals surface area contributed by atoms with Crippen LogP contribution in [0.25, 0.3) is 0 Å². The Morgan fingerprint density at radius 3 is 2.78 bits per heavy atom. The number of hydrogen-bond donors (Lipinski definition) is 0. The van der Waals surface area contributed by atoms with Gasteiger partial charge in [-0.15, -0.1) is 0 Å². The highest BCUT2D eigenvalue weighted by Gasteiger charge is 2.72. The number of carbonyl (C=O) groups excluding carboxylic acids is 1. The van der Waals surface area contributed by atoms with Crippen molar-refractivity contribution in [3.8, 4) is 6.07 Å². The second kappa shape index (κ2) is 7.23. The number of anilines is 1. The lowest BCUT2D eigenvalue weighted by atomic mass is 9.34. The number of carbonyl (C=O) groups is 1. The van der Waals surface area contributed by atoms with Crippen LogP contribution in [0.3, 0.4) is 0 Å². The summed E-state index contributed by atoms with van der Waals surface area (Å²) >= 11 is 0. The fourth-order valence-electron chi connectivity index (χ4n) is 5.68. The molecule has 0 radical (unpaired) electrons. The standard InChI is InChI=1S/C24H25N7O/c1-16-8-18(9-25)4-5-20(16)30(26-3)15-23-12-24(13-23,14-23)22(32)31-21(6-7-28-31)19-11-27-10-17(2)29-19/h4-5,7-8,10-11,21H,3,6,12-15H2,1-2H3. The summed E-state index contributed by atoms with van der Waals surface area (Å²) in [6.07, 6.45) is 8.40. The molecule has 0 N–H and O–H groups in total. The van der Waals surface area contributed by atoms with E-state index in [1.165, 1.54) is 0 Å². The van der Waals surface area contributed by atoms with E-state index in [1.807, 2.05) is 31.0 Å². The van der Waals surface area contributed by atoms with E-state index in [1.54, 1.807) is 29.7 Å². The predicted octanol–water partition coefficient (Wildman–Crippen LogP) is 3.52. The maximum absolute atomic E-state index is 13.4. The second-order valence-electron chi connectivity index (χ2n) is 9.41. The van der Waals surface area contributed by atoms with Crippen molar-refractivity contribution in [2.24, 2.45) is 21.0 Å². The molecule has 6 rings (SSSR count). The molecule has 2 bridgehead atoms. The van der Waals surface area contributed by atoms with E-state index in [4.69, 9.17) is 5.26 Å². The van der Waals surface area contributed by atoms with Crippen molar-refractivity contribution in [1.82, 2.24) is 15.0 Å². The zero-order chi connectivity index (χ0) is 22.5. The lowest BCUT2D eigenvalue weighted by molar-refractivity contribution is -0.214. The number of amides is 1. The highest BCUT2D eigenvalue weighted by Crippen LogP contribution is 2.74. The Balaban J connectivity index is 1.27. The minimum atomic E-state index is -0.330. The summed E-state index contributed by atoms with van der Waals surface area (Å²) in [6.45, 7) is 8.34. The number of aryl methyl sites for hydroxylation is 2. The molecule has 4 aliphatic rings. The lowest BCUT2D eigenvalue weighted by Crippen LogP contribution is -2.70. The van der Waals surface area contributed by atoms with Crippen molar-refractivity contribution in [3.05, 3.63) is 53.1 Å². The fourth-order valence-corrected chi connectivity index (χ4v) is 5.68. The molecular weight excluding hydrogens is 402 g/mol. The second-order valence-corrected chi connectivity index (χ2v) is 9.41. The van der Waals surface area contributed by atoms with Crippen LogP contribution < -0.4 is 5.01 Å². The van der Waals surface area contributed by atoms with Gasteiger partial charge in [-0.3, -0.25) is 19.8 Å². The fraction of sp³-hybridized carbons (Fsp3) is 0.417. The van der Waals surface area contributed by atoms with Crippen LogP contribution in [0.15, 0.2) is 40.8 Å². The molecule has 8 nitrogen and oxygen atoms in total. The third kappa shape index (κ3) is 3.08. The number of benzene rings is 1. The number of rotatable bonds is 6. The first-order chi connectivity index (χ1) is 15.4. The van der Waals surface area contributed by atoms with Crippen LogP contribution in [-0.2, 0) is 4.79 Å². The van der Waals surface area contributed by atoms with Crippen molar-refractivity contribution < 1.29 is 4.79 Å². The van der Waals surface area contributed by atoms with Gasteiger partial charge in [-0.05, 0) is 62.3 Å². The highest BCUT2D eigenvalue weighted by atomic mass is 16.2. The van der Waals surface area contributed by atoms with Gasteiger partial charge in [0.1, 0.15) is 6.04 Å². The molecule has 8 heteroatoms. The van der Waals surface area contributed by atoms with Gasteiger partial charge in [-0.2, -0.15) is 15.5 Å². The molecule has 3 fully saturated rings. The summed E-state index contributed by atoms with van der Waals surface area (Å²) in [4.78, 5) is 22.2. The molecule has 0 spiro atoms. The predicted molar refractivity (Wildman–Crippen MR) is 121 cm³/mol. The average molecular weight is 428 g/mol. The Labute approximate surface area is 187 Å². The minimum Gasteiger partial charge on any atom is -0.272 e. The minimum absolute atomic E-state index is 0.0687. The number of hydrogen-bond acceptors (Lipinski definition) is 7. The number of aromatic nitrogens is 2. The van der Waals surface area contributed by atoms with Crippen LogP contribution in [0.5, 0.6) is 0 Å². The van der Waals surface area contributed by atoms with Crippen LogP contribution in [0.1, 0.15) is 54.2 Å². The van der Waals surface area contributed by atoms with E-state index < -0.39 is 0 Å². The van der Waals surface area contributed by atoms with Crippen molar-refractivity contribution in [1.29, 1.82) is 5.26 Å². The molecule has 1 aromatic carbocycles. The van der Waals surface area contributed by atoms with Crippen LogP contribution >= 0.6 is 0 Å². The van der Waals surface area contributed by atoms with E-state index in [2.05, 4.69) is 33.0 Å². The molecule has 162 valence electrons. The first-order valence-electron chi connectivity index (χ1n) is 10.8. The highest BCUT2D eigenvalue weighted by molar-refractivity contribution is 5.88. The van der Waals surface area contributed by atoms with Gasteiger partial charge in [-0.25, -0.2) is 5.01 Å². The first kappa shape index (κ1) is 20.3. The Morgan fingerprint density at radius 1 is 1.34 bits per heavy atom. The molecule has 32 heavy (non-hydrogen) atoms. The van der Waals surface area contributed by atoms with E-state index in [0.717, 1.165) is 41.9 Å². The maximum atomic E-state index is 13.4. The molecule has 1 aliphatic heterocycles. The summed E-state index contributed by atoms with van der Waals surface area (Å²) in [5.74, 6) is 0.0918. The zero-order valence-corrected chi connectivity index (χ0v) is 18.3. The number of nitriles is 1. The van der Waals surface area contributed by atoms with Gasteiger partial charge >= 0.3 is 0 Å². The largest absolute Gasteiger partial charge is 0.272 e. The quantitative estimate of drug-likeness (QED) is 0.519. The average Bonchev–Trinajstić information content (AvgIpc) is 3.22. The van der Waals surface area contributed by atoms with Gasteiger partial charge in [0.25, 0.3) is 0 Å². The van der Waals surface area contributed by atoms with Crippen molar-refractivity contribution in [2.75, 3.05) is 11.6 Å². The Hall–Kier alpha value is -3.60. The number of nitrogens with zero attached hydrogens (tertiary/aromatic N) is 7. The molecule has 2 aromatic rings. The SMILES string of the molecule is C=NN(CC12CC(C(=O)N3N=CCC3c3cncc(C)n3)(C1)C2)c1ccc(C#N)cc1C. The molecule has 1 atom stereocenters. The van der Waals surface area contributed by atoms with Gasteiger partial charge in [-0.1, -0.05) is 0 Å². The summed E-state index contributed by atoms with van der Waals surface area (Å²) in [6, 6.07) is 7.57. The smallest absolute Gasteiger partial charge is 0.249 e. The van der Waals surface area contributed by atoms with Crippen LogP contribution in [0.4, 0.5) is 5.69 Å². The van der Waals surface area contributed by atoms with E-state index in [9.17, 15) is 4.79 Å². The first-order valence-corrected chi connectivity index (χ1v) is 10.8. The van der Waals surface area contributed by atoms with Crippen molar-refractivity contribution in [3.63, 3.8) is 0 Å². The maximum Gasteiger partial charge on any atom is 0.249 e. The molecule has 2 heterocycles. The van der Waals surface area contributed by atoms with Gasteiger partial charge in [0.15, 0.2) is 0 Å². The topological polar surface area (TPSA) is 97.8 Å². The van der Waals surface area contributed by atoms with Crippen LogP contribution in [0, 0.1) is 36.0 Å². The molecule has 1 aromatic heterocycles. The van der Waals surface area contributed by atoms with E-state index >= 15 is 0 Å². The van der Waals surface area contributed by atoms with Gasteiger partial charge < -0.3 is 0 Å². The molecule has 0 saturated heterocycles. The van der Waals surface area contributed by atoms with Gasteiger partial charge in [0.05, 0.1) is 40.3 Å². The van der Waals surface area contributed by atoms with Crippen molar-refractivity contribution in [2.45, 2.75) is 45.6 Å². The Kier molecular flexibility index (Phi) is 4.59. The van der Waals surface area contributed by atoms with E-state index in [-0.39, 0.29) is 22.8 Å². The van der Waals surface area contributed by atoms with Crippen LogP contribution in [-0.4, -0.2) is 40.4 Å². The molecule has 1 unspecified atom stereocenters. The molecule has 3 aliphatic carbocycles. The third-order valence-electron chi connectivity index (χ3n) is 7.01. The summed E-state index contributed by atoms with van der Waals surface area (Å²) in [5, 5.41) is 21.3. The zero-order valence-electron chi connectivity index (χ0n) is 18.3. The van der Waals surface area contributed by atoms with Gasteiger partial charge in [0.2, 0.25) is 5.91 Å². The Bertz CT molecular complexity index is 1160. The van der Waals surface area contributed by atoms with Gasteiger partial charge in [0, 0.05) is 32.1 Å². The third-order valence-corrected chi connectivity index (χ3v) is 7.01. The summed E-state index contributed by atoms with van der Waals surface area (Å²) in [5.41, 5.74) is 3.93. The molecule has 1 amide bonds. The van der Waals surface area contributed by atoms with Crippen LogP contribution in [0.2, 0.25) is 0 Å².